The maximum Gasteiger partial charge on any atom is 0.126 e. The predicted molar refractivity (Wildman–Crippen MR) is 72.6 cm³/mol. The first-order valence-corrected chi connectivity index (χ1v) is 6.83. The summed E-state index contributed by atoms with van der Waals surface area (Å²) in [6, 6.07) is 11.5. The van der Waals surface area contributed by atoms with Crippen molar-refractivity contribution in [3.8, 4) is 0 Å². The summed E-state index contributed by atoms with van der Waals surface area (Å²) in [5.41, 5.74) is 0.770. The number of nitrogens with one attached hydrogen (secondary N) is 1. The van der Waals surface area contributed by atoms with Crippen LogP contribution in [-0.4, -0.2) is 12.6 Å². The molecule has 0 bridgehead atoms. The van der Waals surface area contributed by atoms with Crippen LogP contribution in [0.2, 0.25) is 0 Å². The highest BCUT2D eigenvalue weighted by Gasteiger charge is 2.24. The van der Waals surface area contributed by atoms with Crippen molar-refractivity contribution in [1.29, 1.82) is 0 Å². The standard InChI is InChI=1S/C16H18FNO/c17-16-6-2-1-5-15(16)12(11-18-13-7-8-13)10-14-4-3-9-19-14/h1-6,9,12-13,18H,7-8,10-11H2. The Morgan fingerprint density at radius 1 is 1.21 bits per heavy atom. The summed E-state index contributed by atoms with van der Waals surface area (Å²) < 4.78 is 19.3. The fourth-order valence-corrected chi connectivity index (χ4v) is 2.37. The topological polar surface area (TPSA) is 25.2 Å². The molecule has 100 valence electrons. The number of rotatable bonds is 6. The number of benzene rings is 1. The maximum atomic E-state index is 14.0. The van der Waals surface area contributed by atoms with Crippen LogP contribution in [0.1, 0.15) is 30.1 Å². The van der Waals surface area contributed by atoms with Crippen LogP contribution in [0.25, 0.3) is 0 Å². The third kappa shape index (κ3) is 3.24. The average molecular weight is 259 g/mol. The minimum atomic E-state index is -0.128. The zero-order valence-corrected chi connectivity index (χ0v) is 10.8. The van der Waals surface area contributed by atoms with Crippen molar-refractivity contribution in [2.24, 2.45) is 0 Å². The first kappa shape index (κ1) is 12.4. The molecular weight excluding hydrogens is 241 g/mol. The molecule has 1 fully saturated rings. The van der Waals surface area contributed by atoms with E-state index in [2.05, 4.69) is 5.32 Å². The molecule has 19 heavy (non-hydrogen) atoms. The molecular formula is C16H18FNO. The van der Waals surface area contributed by atoms with Crippen LogP contribution in [-0.2, 0) is 6.42 Å². The van der Waals surface area contributed by atoms with Crippen molar-refractivity contribution in [2.75, 3.05) is 6.54 Å². The fourth-order valence-electron chi connectivity index (χ4n) is 2.37. The number of hydrogen-bond acceptors (Lipinski definition) is 2. The van der Waals surface area contributed by atoms with Gasteiger partial charge in [0.25, 0.3) is 0 Å². The van der Waals surface area contributed by atoms with Crippen LogP contribution in [0.3, 0.4) is 0 Å². The van der Waals surface area contributed by atoms with E-state index in [4.69, 9.17) is 4.42 Å². The second-order valence-corrected chi connectivity index (χ2v) is 5.18. The zero-order valence-electron chi connectivity index (χ0n) is 10.8. The molecule has 1 aliphatic carbocycles. The maximum absolute atomic E-state index is 14.0. The van der Waals surface area contributed by atoms with Gasteiger partial charge in [-0.3, -0.25) is 0 Å². The third-order valence-corrected chi connectivity index (χ3v) is 3.60. The van der Waals surface area contributed by atoms with E-state index < -0.39 is 0 Å². The Labute approximate surface area is 112 Å². The summed E-state index contributed by atoms with van der Waals surface area (Å²) in [4.78, 5) is 0. The Morgan fingerprint density at radius 3 is 2.74 bits per heavy atom. The Morgan fingerprint density at radius 2 is 2.05 bits per heavy atom. The van der Waals surface area contributed by atoms with Gasteiger partial charge in [0.05, 0.1) is 6.26 Å². The molecule has 0 amide bonds. The lowest BCUT2D eigenvalue weighted by Gasteiger charge is -2.17. The van der Waals surface area contributed by atoms with Gasteiger partial charge in [0.15, 0.2) is 0 Å². The fraction of sp³-hybridized carbons (Fsp3) is 0.375. The molecule has 1 heterocycles. The normalized spacial score (nSPS) is 16.5. The van der Waals surface area contributed by atoms with E-state index in [1.807, 2.05) is 24.3 Å². The van der Waals surface area contributed by atoms with Gasteiger partial charge in [-0.2, -0.15) is 0 Å². The van der Waals surface area contributed by atoms with Crippen LogP contribution >= 0.6 is 0 Å². The van der Waals surface area contributed by atoms with Crippen molar-refractivity contribution >= 4 is 0 Å². The minimum absolute atomic E-state index is 0.118. The molecule has 1 saturated carbocycles. The van der Waals surface area contributed by atoms with Crippen LogP contribution in [0.15, 0.2) is 47.1 Å². The van der Waals surface area contributed by atoms with E-state index in [0.717, 1.165) is 24.3 Å². The molecule has 2 nitrogen and oxygen atoms in total. The second-order valence-electron chi connectivity index (χ2n) is 5.18. The summed E-state index contributed by atoms with van der Waals surface area (Å²) >= 11 is 0. The smallest absolute Gasteiger partial charge is 0.126 e. The van der Waals surface area contributed by atoms with Crippen LogP contribution in [0.4, 0.5) is 4.39 Å². The molecule has 0 spiro atoms. The van der Waals surface area contributed by atoms with E-state index in [1.54, 1.807) is 12.3 Å². The van der Waals surface area contributed by atoms with E-state index in [0.29, 0.717) is 6.04 Å². The molecule has 0 radical (unpaired) electrons. The van der Waals surface area contributed by atoms with E-state index in [9.17, 15) is 4.39 Å². The first-order valence-electron chi connectivity index (χ1n) is 6.83. The average Bonchev–Trinajstić information content (AvgIpc) is 3.11. The molecule has 0 aliphatic heterocycles. The van der Waals surface area contributed by atoms with Crippen molar-refractivity contribution in [2.45, 2.75) is 31.2 Å². The predicted octanol–water partition coefficient (Wildman–Crippen LogP) is 3.50. The van der Waals surface area contributed by atoms with Crippen LogP contribution in [0.5, 0.6) is 0 Å². The van der Waals surface area contributed by atoms with Crippen LogP contribution < -0.4 is 5.32 Å². The quantitative estimate of drug-likeness (QED) is 0.859. The van der Waals surface area contributed by atoms with Gasteiger partial charge in [0.2, 0.25) is 0 Å². The van der Waals surface area contributed by atoms with Gasteiger partial charge < -0.3 is 9.73 Å². The zero-order chi connectivity index (χ0) is 13.1. The Kier molecular flexibility index (Phi) is 3.65. The van der Waals surface area contributed by atoms with E-state index in [-0.39, 0.29) is 11.7 Å². The van der Waals surface area contributed by atoms with Gasteiger partial charge in [0.1, 0.15) is 11.6 Å². The molecule has 3 heteroatoms. The molecule has 1 N–H and O–H groups in total. The summed E-state index contributed by atoms with van der Waals surface area (Å²) in [6.45, 7) is 0.798. The molecule has 2 aromatic rings. The molecule has 1 atom stereocenters. The van der Waals surface area contributed by atoms with Gasteiger partial charge in [0, 0.05) is 24.9 Å². The lowest BCUT2D eigenvalue weighted by Crippen LogP contribution is -2.25. The molecule has 3 rings (SSSR count). The highest BCUT2D eigenvalue weighted by molar-refractivity contribution is 5.24. The number of furan rings is 1. The monoisotopic (exact) mass is 259 g/mol. The summed E-state index contributed by atoms with van der Waals surface area (Å²) in [5, 5.41) is 3.49. The van der Waals surface area contributed by atoms with Gasteiger partial charge in [-0.05, 0) is 36.6 Å². The lowest BCUT2D eigenvalue weighted by atomic mass is 9.94. The Balaban J connectivity index is 1.76. The third-order valence-electron chi connectivity index (χ3n) is 3.60. The lowest BCUT2D eigenvalue weighted by molar-refractivity contribution is 0.463. The van der Waals surface area contributed by atoms with Gasteiger partial charge >= 0.3 is 0 Å². The van der Waals surface area contributed by atoms with Gasteiger partial charge in [-0.25, -0.2) is 4.39 Å². The largest absolute Gasteiger partial charge is 0.469 e. The number of hydrogen-bond donors (Lipinski definition) is 1. The van der Waals surface area contributed by atoms with Crippen molar-refractivity contribution in [3.05, 3.63) is 59.8 Å². The first-order chi connectivity index (χ1) is 9.33. The van der Waals surface area contributed by atoms with Gasteiger partial charge in [-0.1, -0.05) is 18.2 Å². The van der Waals surface area contributed by atoms with Crippen molar-refractivity contribution < 1.29 is 8.81 Å². The Hall–Kier alpha value is -1.61. The SMILES string of the molecule is Fc1ccccc1C(CNC1CC1)Cc1ccco1. The Bertz CT molecular complexity index is 519. The summed E-state index contributed by atoms with van der Waals surface area (Å²) in [6.07, 6.45) is 4.88. The highest BCUT2D eigenvalue weighted by Crippen LogP contribution is 2.25. The molecule has 1 aromatic heterocycles. The highest BCUT2D eigenvalue weighted by atomic mass is 19.1. The molecule has 1 aliphatic rings. The van der Waals surface area contributed by atoms with Crippen LogP contribution in [0, 0.1) is 5.82 Å². The second kappa shape index (κ2) is 5.57. The summed E-state index contributed by atoms with van der Waals surface area (Å²) in [7, 11) is 0. The van der Waals surface area contributed by atoms with E-state index >= 15 is 0 Å². The van der Waals surface area contributed by atoms with Crippen molar-refractivity contribution in [3.63, 3.8) is 0 Å². The molecule has 0 saturated heterocycles. The minimum Gasteiger partial charge on any atom is -0.469 e. The van der Waals surface area contributed by atoms with E-state index in [1.165, 1.54) is 18.9 Å². The summed E-state index contributed by atoms with van der Waals surface area (Å²) in [5.74, 6) is 0.899. The molecule has 1 unspecified atom stereocenters. The van der Waals surface area contributed by atoms with Crippen molar-refractivity contribution in [1.82, 2.24) is 5.32 Å². The molecule has 1 aromatic carbocycles. The van der Waals surface area contributed by atoms with Gasteiger partial charge in [-0.15, -0.1) is 0 Å². The number of halogens is 1.